The van der Waals surface area contributed by atoms with Crippen molar-refractivity contribution < 1.29 is 19.1 Å². The number of esters is 2. The number of hydrogen-bond donors (Lipinski definition) is 0. The molecule has 0 atom stereocenters. The Labute approximate surface area is 154 Å². The zero-order chi connectivity index (χ0) is 18.5. The van der Waals surface area contributed by atoms with E-state index >= 15 is 0 Å². The number of carbonyl (C=O) groups is 2. The molecule has 4 nitrogen and oxygen atoms in total. The highest BCUT2D eigenvalue weighted by Crippen LogP contribution is 2.30. The van der Waals surface area contributed by atoms with Gasteiger partial charge in [0, 0.05) is 0 Å². The molecule has 0 aromatic heterocycles. The molecular formula is C21H38O4. The molecule has 0 aromatic carbocycles. The second-order valence-corrected chi connectivity index (χ2v) is 7.83. The lowest BCUT2D eigenvalue weighted by Gasteiger charge is -2.26. The molecule has 4 heteroatoms. The van der Waals surface area contributed by atoms with Gasteiger partial charge in [0.1, 0.15) is 0 Å². The van der Waals surface area contributed by atoms with Crippen LogP contribution in [0.25, 0.3) is 0 Å². The van der Waals surface area contributed by atoms with Gasteiger partial charge in [0.25, 0.3) is 0 Å². The molecule has 0 aromatic rings. The van der Waals surface area contributed by atoms with Gasteiger partial charge in [-0.05, 0) is 44.4 Å². The van der Waals surface area contributed by atoms with Gasteiger partial charge in [-0.2, -0.15) is 0 Å². The van der Waals surface area contributed by atoms with Crippen LogP contribution in [0.4, 0.5) is 0 Å². The molecule has 0 spiro atoms. The van der Waals surface area contributed by atoms with Crippen LogP contribution in [0.5, 0.6) is 0 Å². The predicted molar refractivity (Wildman–Crippen MR) is 100 cm³/mol. The maximum atomic E-state index is 12.1. The summed E-state index contributed by atoms with van der Waals surface area (Å²) >= 11 is 0. The quantitative estimate of drug-likeness (QED) is 0.353. The number of hydrogen-bond acceptors (Lipinski definition) is 4. The number of unbranched alkanes of at least 4 members (excludes halogenated alkanes) is 4. The number of ether oxygens (including phenoxy) is 2. The van der Waals surface area contributed by atoms with Gasteiger partial charge in [0.15, 0.2) is 0 Å². The standard InChI is InChI=1S/C21H38O4/c1-4-5-15-24-20(22)18-11-13-19(14-12-18)21(23)25-16-9-7-6-8-10-17(2)3/h17-19H,4-16H2,1-3H3. The van der Waals surface area contributed by atoms with Crippen LogP contribution in [0.15, 0.2) is 0 Å². The highest BCUT2D eigenvalue weighted by Gasteiger charge is 2.31. The van der Waals surface area contributed by atoms with Gasteiger partial charge in [-0.3, -0.25) is 9.59 Å². The van der Waals surface area contributed by atoms with Crippen LogP contribution < -0.4 is 0 Å². The first-order chi connectivity index (χ1) is 12.0. The van der Waals surface area contributed by atoms with Crippen molar-refractivity contribution in [3.63, 3.8) is 0 Å². The van der Waals surface area contributed by atoms with E-state index in [1.807, 2.05) is 0 Å². The van der Waals surface area contributed by atoms with Crippen LogP contribution in [0, 0.1) is 17.8 Å². The Morgan fingerprint density at radius 3 is 1.76 bits per heavy atom. The lowest BCUT2D eigenvalue weighted by Crippen LogP contribution is -2.28. The largest absolute Gasteiger partial charge is 0.465 e. The summed E-state index contributed by atoms with van der Waals surface area (Å²) in [6.07, 6.45) is 10.8. The van der Waals surface area contributed by atoms with Crippen LogP contribution in [-0.4, -0.2) is 25.2 Å². The third-order valence-corrected chi connectivity index (χ3v) is 5.06. The second kappa shape index (κ2) is 13.2. The highest BCUT2D eigenvalue weighted by molar-refractivity contribution is 5.75. The molecule has 0 amide bonds. The third-order valence-electron chi connectivity index (χ3n) is 5.06. The lowest BCUT2D eigenvalue weighted by atomic mass is 9.82. The Balaban J connectivity index is 2.07. The van der Waals surface area contributed by atoms with Crippen molar-refractivity contribution in [1.82, 2.24) is 0 Å². The minimum Gasteiger partial charge on any atom is -0.465 e. The maximum absolute atomic E-state index is 12.1. The normalized spacial score (nSPS) is 20.5. The van der Waals surface area contributed by atoms with Gasteiger partial charge in [0.05, 0.1) is 25.0 Å². The molecule has 1 rings (SSSR count). The van der Waals surface area contributed by atoms with Crippen molar-refractivity contribution in [2.75, 3.05) is 13.2 Å². The van der Waals surface area contributed by atoms with E-state index in [1.165, 1.54) is 19.3 Å². The van der Waals surface area contributed by atoms with Crippen LogP contribution in [0.3, 0.4) is 0 Å². The average molecular weight is 355 g/mol. The first kappa shape index (κ1) is 22.0. The van der Waals surface area contributed by atoms with Crippen molar-refractivity contribution in [3.8, 4) is 0 Å². The summed E-state index contributed by atoms with van der Waals surface area (Å²) in [6.45, 7) is 7.65. The molecule has 0 unspecified atom stereocenters. The van der Waals surface area contributed by atoms with Crippen LogP contribution >= 0.6 is 0 Å². The Morgan fingerprint density at radius 1 is 0.800 bits per heavy atom. The van der Waals surface area contributed by atoms with Crippen LogP contribution in [0.1, 0.15) is 91.4 Å². The van der Waals surface area contributed by atoms with Gasteiger partial charge in [0.2, 0.25) is 0 Å². The van der Waals surface area contributed by atoms with E-state index in [4.69, 9.17) is 9.47 Å². The van der Waals surface area contributed by atoms with Crippen LogP contribution in [-0.2, 0) is 19.1 Å². The van der Waals surface area contributed by atoms with Gasteiger partial charge < -0.3 is 9.47 Å². The first-order valence-corrected chi connectivity index (χ1v) is 10.4. The van der Waals surface area contributed by atoms with E-state index in [0.717, 1.165) is 57.3 Å². The fourth-order valence-corrected chi connectivity index (χ4v) is 3.30. The minimum absolute atomic E-state index is 0.0261. The molecule has 146 valence electrons. The zero-order valence-electron chi connectivity index (χ0n) is 16.6. The van der Waals surface area contributed by atoms with Gasteiger partial charge >= 0.3 is 11.9 Å². The van der Waals surface area contributed by atoms with E-state index in [0.29, 0.717) is 13.2 Å². The highest BCUT2D eigenvalue weighted by atomic mass is 16.5. The van der Waals surface area contributed by atoms with Crippen molar-refractivity contribution in [1.29, 1.82) is 0 Å². The summed E-state index contributed by atoms with van der Waals surface area (Å²) in [7, 11) is 0. The van der Waals surface area contributed by atoms with Crippen molar-refractivity contribution in [2.24, 2.45) is 17.8 Å². The van der Waals surface area contributed by atoms with Crippen LogP contribution in [0.2, 0.25) is 0 Å². The summed E-state index contributed by atoms with van der Waals surface area (Å²) in [6, 6.07) is 0. The molecule has 1 aliphatic rings. The predicted octanol–water partition coefficient (Wildman–Crippen LogP) is 5.29. The molecule has 0 N–H and O–H groups in total. The molecule has 0 saturated heterocycles. The topological polar surface area (TPSA) is 52.6 Å². The summed E-state index contributed by atoms with van der Waals surface area (Å²) in [5, 5.41) is 0. The van der Waals surface area contributed by atoms with Crippen molar-refractivity contribution in [2.45, 2.75) is 91.4 Å². The van der Waals surface area contributed by atoms with Gasteiger partial charge in [-0.15, -0.1) is 0 Å². The summed E-state index contributed by atoms with van der Waals surface area (Å²) < 4.78 is 10.7. The third kappa shape index (κ3) is 9.86. The van der Waals surface area contributed by atoms with E-state index in [1.54, 1.807) is 0 Å². The monoisotopic (exact) mass is 354 g/mol. The molecule has 25 heavy (non-hydrogen) atoms. The summed E-state index contributed by atoms with van der Waals surface area (Å²) in [5.74, 6) is 0.570. The molecule has 1 fully saturated rings. The molecule has 1 aliphatic carbocycles. The van der Waals surface area contributed by atoms with Gasteiger partial charge in [-0.1, -0.05) is 52.9 Å². The number of carbonyl (C=O) groups excluding carboxylic acids is 2. The Morgan fingerprint density at radius 2 is 1.28 bits per heavy atom. The summed E-state index contributed by atoms with van der Waals surface area (Å²) in [5.41, 5.74) is 0. The molecule has 0 heterocycles. The van der Waals surface area contributed by atoms with Crippen molar-refractivity contribution in [3.05, 3.63) is 0 Å². The summed E-state index contributed by atoms with van der Waals surface area (Å²) in [4.78, 5) is 24.1. The molecule has 0 radical (unpaired) electrons. The first-order valence-electron chi connectivity index (χ1n) is 10.4. The van der Waals surface area contributed by atoms with Crippen molar-refractivity contribution >= 4 is 11.9 Å². The second-order valence-electron chi connectivity index (χ2n) is 7.83. The molecular weight excluding hydrogens is 316 g/mol. The SMILES string of the molecule is CCCCOC(=O)C1CCC(C(=O)OCCCCCCC(C)C)CC1. The Kier molecular flexibility index (Phi) is 11.6. The fourth-order valence-electron chi connectivity index (χ4n) is 3.30. The average Bonchev–Trinajstić information content (AvgIpc) is 2.60. The lowest BCUT2D eigenvalue weighted by molar-refractivity contribution is -0.155. The van der Waals surface area contributed by atoms with Gasteiger partial charge in [-0.25, -0.2) is 0 Å². The zero-order valence-corrected chi connectivity index (χ0v) is 16.6. The van der Waals surface area contributed by atoms with E-state index in [-0.39, 0.29) is 23.8 Å². The Hall–Kier alpha value is -1.06. The molecule has 0 aliphatic heterocycles. The maximum Gasteiger partial charge on any atom is 0.308 e. The van der Waals surface area contributed by atoms with E-state index < -0.39 is 0 Å². The smallest absolute Gasteiger partial charge is 0.308 e. The molecule has 0 bridgehead atoms. The Bertz CT molecular complexity index is 370. The fraction of sp³-hybridized carbons (Fsp3) is 0.905. The van der Waals surface area contributed by atoms with E-state index in [2.05, 4.69) is 20.8 Å². The number of rotatable bonds is 12. The molecule has 1 saturated carbocycles. The van der Waals surface area contributed by atoms with E-state index in [9.17, 15) is 9.59 Å². The minimum atomic E-state index is -0.0818.